The van der Waals surface area contributed by atoms with Crippen LogP contribution in [0.5, 0.6) is 5.19 Å². The largest absolute Gasteiger partial charge is 0.467 e. The number of nitrogens with zero attached hydrogens (tertiary/aromatic N) is 3. The predicted octanol–water partition coefficient (Wildman–Crippen LogP) is 3.40. The molecule has 1 amide bonds. The van der Waals surface area contributed by atoms with Crippen molar-refractivity contribution in [3.63, 3.8) is 0 Å². The molecule has 7 nitrogen and oxygen atoms in total. The first-order valence-corrected chi connectivity index (χ1v) is 11.7. The lowest BCUT2D eigenvalue weighted by molar-refractivity contribution is 0.0423. The molecule has 0 saturated carbocycles. The zero-order valence-corrected chi connectivity index (χ0v) is 18.1. The fraction of sp³-hybridized carbons (Fsp3) is 0.435. The van der Waals surface area contributed by atoms with Crippen LogP contribution in [0, 0.1) is 0 Å². The van der Waals surface area contributed by atoms with Gasteiger partial charge in [-0.2, -0.15) is 0 Å². The van der Waals surface area contributed by atoms with Crippen molar-refractivity contribution in [1.82, 2.24) is 14.8 Å². The van der Waals surface area contributed by atoms with Gasteiger partial charge in [0, 0.05) is 49.2 Å². The van der Waals surface area contributed by atoms with E-state index < -0.39 is 5.63 Å². The summed E-state index contributed by atoms with van der Waals surface area (Å²) >= 11 is 1.53. The van der Waals surface area contributed by atoms with Gasteiger partial charge in [0.05, 0.1) is 0 Å². The summed E-state index contributed by atoms with van der Waals surface area (Å²) in [5.74, 6) is -0.228. The first kappa shape index (κ1) is 20.2. The molecule has 2 fully saturated rings. The molecule has 2 aromatic heterocycles. The highest BCUT2D eigenvalue weighted by atomic mass is 32.1. The number of carbonyl (C=O) groups is 1. The number of likely N-dealkylation sites (tertiary alicyclic amines) is 2. The number of hydrogen-bond donors (Lipinski definition) is 0. The summed E-state index contributed by atoms with van der Waals surface area (Å²) < 4.78 is 11.3. The molecule has 2 aliphatic rings. The van der Waals surface area contributed by atoms with Crippen LogP contribution in [0.15, 0.2) is 51.1 Å². The maximum Gasteiger partial charge on any atom is 0.349 e. The smallest absolute Gasteiger partial charge is 0.349 e. The number of piperidine rings is 2. The van der Waals surface area contributed by atoms with E-state index in [9.17, 15) is 9.59 Å². The molecular formula is C23H25N3O4S. The zero-order chi connectivity index (χ0) is 21.2. The number of fused-ring (bicyclic) bond motifs is 1. The van der Waals surface area contributed by atoms with E-state index in [1.165, 1.54) is 11.3 Å². The van der Waals surface area contributed by atoms with Crippen LogP contribution in [-0.2, 0) is 0 Å². The summed E-state index contributed by atoms with van der Waals surface area (Å²) in [7, 11) is 0. The summed E-state index contributed by atoms with van der Waals surface area (Å²) in [6.45, 7) is 3.32. The van der Waals surface area contributed by atoms with Crippen molar-refractivity contribution in [1.29, 1.82) is 0 Å². The molecular weight excluding hydrogens is 414 g/mol. The van der Waals surface area contributed by atoms with Crippen molar-refractivity contribution in [2.24, 2.45) is 0 Å². The molecule has 0 atom stereocenters. The van der Waals surface area contributed by atoms with Gasteiger partial charge in [0.1, 0.15) is 17.3 Å². The van der Waals surface area contributed by atoms with Gasteiger partial charge >= 0.3 is 5.63 Å². The third kappa shape index (κ3) is 4.36. The van der Waals surface area contributed by atoms with Crippen LogP contribution in [0.3, 0.4) is 0 Å². The molecule has 0 unspecified atom stereocenters. The van der Waals surface area contributed by atoms with Crippen LogP contribution in [-0.4, -0.2) is 59.0 Å². The van der Waals surface area contributed by atoms with Crippen LogP contribution >= 0.6 is 11.3 Å². The van der Waals surface area contributed by atoms with E-state index in [1.807, 2.05) is 23.6 Å². The first-order valence-electron chi connectivity index (χ1n) is 10.8. The Balaban J connectivity index is 1.16. The Morgan fingerprint density at radius 3 is 2.61 bits per heavy atom. The Labute approximate surface area is 184 Å². The Hall–Kier alpha value is -2.71. The molecule has 8 heteroatoms. The first-order chi connectivity index (χ1) is 15.2. The normalized spacial score (nSPS) is 19.0. The molecule has 4 heterocycles. The van der Waals surface area contributed by atoms with Gasteiger partial charge in [0.25, 0.3) is 11.1 Å². The van der Waals surface area contributed by atoms with Crippen LogP contribution in [0.4, 0.5) is 0 Å². The third-order valence-corrected chi connectivity index (χ3v) is 6.95. The van der Waals surface area contributed by atoms with E-state index in [4.69, 9.17) is 9.15 Å². The van der Waals surface area contributed by atoms with E-state index in [2.05, 4.69) is 9.88 Å². The second-order valence-corrected chi connectivity index (χ2v) is 9.02. The molecule has 162 valence electrons. The monoisotopic (exact) mass is 439 g/mol. The van der Waals surface area contributed by atoms with E-state index >= 15 is 0 Å². The number of rotatable bonds is 4. The lowest BCUT2D eigenvalue weighted by Gasteiger charge is -2.41. The Bertz CT molecular complexity index is 1100. The van der Waals surface area contributed by atoms with Gasteiger partial charge in [-0.25, -0.2) is 9.78 Å². The number of benzene rings is 1. The molecule has 2 aliphatic heterocycles. The fourth-order valence-electron chi connectivity index (χ4n) is 4.59. The van der Waals surface area contributed by atoms with Crippen molar-refractivity contribution in [3.8, 4) is 5.19 Å². The van der Waals surface area contributed by atoms with Gasteiger partial charge in [0.15, 0.2) is 0 Å². The second-order valence-electron chi connectivity index (χ2n) is 8.16. The SMILES string of the molecule is O=C(c1cc2ccccc2oc1=O)N1CCC(N2CCC(Oc3nccs3)CC2)CC1. The minimum Gasteiger partial charge on any atom is -0.467 e. The number of ether oxygens (including phenoxy) is 1. The molecule has 0 aliphatic carbocycles. The fourth-order valence-corrected chi connectivity index (χ4v) is 5.14. The highest BCUT2D eigenvalue weighted by molar-refractivity contribution is 7.11. The topological polar surface area (TPSA) is 75.9 Å². The van der Waals surface area contributed by atoms with Crippen molar-refractivity contribution in [3.05, 3.63) is 57.9 Å². The zero-order valence-electron chi connectivity index (χ0n) is 17.2. The minimum atomic E-state index is -0.562. The Kier molecular flexibility index (Phi) is 5.74. The van der Waals surface area contributed by atoms with Gasteiger partial charge in [-0.3, -0.25) is 9.69 Å². The lowest BCUT2D eigenvalue weighted by atomic mass is 9.98. The number of carbonyl (C=O) groups excluding carboxylic acids is 1. The molecule has 2 saturated heterocycles. The Morgan fingerprint density at radius 1 is 1.10 bits per heavy atom. The lowest BCUT2D eigenvalue weighted by Crippen LogP contribution is -2.50. The number of hydrogen-bond acceptors (Lipinski definition) is 7. The molecule has 31 heavy (non-hydrogen) atoms. The standard InChI is InChI=1S/C23H25N3O4S/c27-21(19-15-16-3-1-2-4-20(16)30-22(19)28)26-10-5-17(6-11-26)25-12-7-18(8-13-25)29-23-24-9-14-31-23/h1-4,9,14-15,17-18H,5-8,10-13H2. The van der Waals surface area contributed by atoms with Gasteiger partial charge in [0.2, 0.25) is 0 Å². The van der Waals surface area contributed by atoms with Gasteiger partial charge < -0.3 is 14.1 Å². The maximum absolute atomic E-state index is 13.0. The second kappa shape index (κ2) is 8.80. The predicted molar refractivity (Wildman–Crippen MR) is 119 cm³/mol. The molecule has 0 spiro atoms. The van der Waals surface area contributed by atoms with E-state index in [-0.39, 0.29) is 17.6 Å². The summed E-state index contributed by atoms with van der Waals surface area (Å²) in [4.78, 5) is 33.8. The van der Waals surface area contributed by atoms with Crippen molar-refractivity contribution < 1.29 is 13.9 Å². The number of para-hydroxylation sites is 1. The molecule has 0 bridgehead atoms. The average molecular weight is 440 g/mol. The van der Waals surface area contributed by atoms with Crippen LogP contribution in [0.25, 0.3) is 11.0 Å². The number of amides is 1. The van der Waals surface area contributed by atoms with Crippen molar-refractivity contribution in [2.45, 2.75) is 37.8 Å². The molecule has 0 N–H and O–H groups in total. The highest BCUT2D eigenvalue weighted by Crippen LogP contribution is 2.25. The van der Waals surface area contributed by atoms with Crippen LogP contribution in [0.2, 0.25) is 0 Å². The third-order valence-electron chi connectivity index (χ3n) is 6.29. The highest BCUT2D eigenvalue weighted by Gasteiger charge is 2.31. The average Bonchev–Trinajstić information content (AvgIpc) is 3.32. The summed E-state index contributed by atoms with van der Waals surface area (Å²) in [6, 6.07) is 9.39. The van der Waals surface area contributed by atoms with E-state index in [1.54, 1.807) is 23.2 Å². The quantitative estimate of drug-likeness (QED) is 0.580. The summed E-state index contributed by atoms with van der Waals surface area (Å²) in [6.07, 6.45) is 5.83. The molecule has 5 rings (SSSR count). The molecule has 0 radical (unpaired) electrons. The number of aromatic nitrogens is 1. The van der Waals surface area contributed by atoms with Gasteiger partial charge in [-0.1, -0.05) is 29.5 Å². The van der Waals surface area contributed by atoms with Crippen LogP contribution in [0.1, 0.15) is 36.0 Å². The summed E-state index contributed by atoms with van der Waals surface area (Å²) in [5.41, 5.74) is 0.0652. The van der Waals surface area contributed by atoms with Crippen molar-refractivity contribution >= 4 is 28.2 Å². The molecule has 1 aromatic carbocycles. The minimum absolute atomic E-state index is 0.122. The number of thiazole rings is 1. The van der Waals surface area contributed by atoms with E-state index in [0.717, 1.165) is 49.4 Å². The maximum atomic E-state index is 13.0. The van der Waals surface area contributed by atoms with Gasteiger partial charge in [-0.15, -0.1) is 0 Å². The van der Waals surface area contributed by atoms with Gasteiger partial charge in [-0.05, 0) is 37.8 Å². The molecule has 3 aromatic rings. The summed E-state index contributed by atoms with van der Waals surface area (Å²) in [5, 5.41) is 3.45. The van der Waals surface area contributed by atoms with Crippen LogP contribution < -0.4 is 10.4 Å². The van der Waals surface area contributed by atoms with Crippen molar-refractivity contribution in [2.75, 3.05) is 26.2 Å². The Morgan fingerprint density at radius 2 is 1.87 bits per heavy atom. The van der Waals surface area contributed by atoms with E-state index in [0.29, 0.717) is 24.7 Å².